The number of carboxylic acids is 1. The molecule has 1 aliphatic rings. The fourth-order valence-corrected chi connectivity index (χ4v) is 5.28. The Bertz CT molecular complexity index is 1470. The molecule has 0 fully saturated rings. The normalized spacial score (nSPS) is 14.8. The summed E-state index contributed by atoms with van der Waals surface area (Å²) in [6.45, 7) is 0.350. The van der Waals surface area contributed by atoms with E-state index in [1.54, 1.807) is 47.0 Å². The highest BCUT2D eigenvalue weighted by atomic mass is 32.2. The monoisotopic (exact) mass is 450 g/mol. The quantitative estimate of drug-likeness (QED) is 0.468. The zero-order valence-corrected chi connectivity index (χ0v) is 17.3. The molecule has 3 N–H and O–H groups in total. The van der Waals surface area contributed by atoms with Gasteiger partial charge in [0.15, 0.2) is 0 Å². The van der Waals surface area contributed by atoms with Gasteiger partial charge in [0.2, 0.25) is 5.43 Å². The van der Waals surface area contributed by atoms with Gasteiger partial charge in [0.05, 0.1) is 10.5 Å². The Morgan fingerprint density at radius 3 is 2.44 bits per heavy atom. The second kappa shape index (κ2) is 7.58. The van der Waals surface area contributed by atoms with Gasteiger partial charge < -0.3 is 15.4 Å². The number of nitrogens with two attached hydrogens (primary N) is 1. The number of pyridine rings is 1. The summed E-state index contributed by atoms with van der Waals surface area (Å²) in [7, 11) is 0. The molecular formula is C24H16F2N2O3S. The summed E-state index contributed by atoms with van der Waals surface area (Å²) in [6.07, 6.45) is 0. The number of carboxylic acid groups (broad SMARTS) is 1. The number of benzene rings is 3. The van der Waals surface area contributed by atoms with Gasteiger partial charge in [-0.1, -0.05) is 54.2 Å². The lowest BCUT2D eigenvalue weighted by Crippen LogP contribution is -2.30. The summed E-state index contributed by atoms with van der Waals surface area (Å²) in [5.74, 6) is -2.50. The minimum atomic E-state index is -1.40. The average molecular weight is 450 g/mol. The first-order chi connectivity index (χ1) is 15.4. The lowest BCUT2D eigenvalue weighted by atomic mass is 10.00. The molecule has 8 heteroatoms. The molecular weight excluding hydrogens is 434 g/mol. The van der Waals surface area contributed by atoms with Crippen LogP contribution in [-0.4, -0.2) is 15.6 Å². The van der Waals surface area contributed by atoms with Gasteiger partial charge >= 0.3 is 5.97 Å². The Hall–Kier alpha value is -3.49. The molecule has 1 aliphatic heterocycles. The van der Waals surface area contributed by atoms with E-state index in [1.165, 1.54) is 12.1 Å². The van der Waals surface area contributed by atoms with Crippen molar-refractivity contribution in [2.75, 3.05) is 0 Å². The zero-order chi connectivity index (χ0) is 22.6. The summed E-state index contributed by atoms with van der Waals surface area (Å²) in [6, 6.07) is 15.8. The molecule has 0 amide bonds. The molecule has 1 atom stereocenters. The summed E-state index contributed by atoms with van der Waals surface area (Å²) in [4.78, 5) is 24.7. The topological polar surface area (TPSA) is 85.3 Å². The van der Waals surface area contributed by atoms with Crippen LogP contribution in [0.5, 0.6) is 0 Å². The Labute approximate surface area is 185 Å². The Balaban J connectivity index is 1.80. The molecule has 0 saturated carbocycles. The van der Waals surface area contributed by atoms with Crippen molar-refractivity contribution >= 4 is 28.6 Å². The number of nitrogens with zero attached hydrogens (tertiary/aromatic N) is 1. The molecule has 1 aromatic heterocycles. The van der Waals surface area contributed by atoms with Crippen LogP contribution in [0.25, 0.3) is 22.0 Å². The number of hydrogen-bond acceptors (Lipinski definition) is 4. The van der Waals surface area contributed by atoms with Crippen molar-refractivity contribution in [2.24, 2.45) is 5.73 Å². The maximum atomic E-state index is 15.0. The van der Waals surface area contributed by atoms with Crippen molar-refractivity contribution in [3.8, 4) is 11.1 Å². The van der Waals surface area contributed by atoms with Crippen molar-refractivity contribution in [2.45, 2.75) is 16.9 Å². The fraction of sp³-hybridized carbons (Fsp3) is 0.0833. The van der Waals surface area contributed by atoms with Crippen LogP contribution >= 0.6 is 11.8 Å². The highest BCUT2D eigenvalue weighted by Crippen LogP contribution is 2.51. The zero-order valence-electron chi connectivity index (χ0n) is 16.5. The number of carbonyl (C=O) groups is 1. The predicted molar refractivity (Wildman–Crippen MR) is 119 cm³/mol. The average Bonchev–Trinajstić information content (AvgIpc) is 2.77. The second-order valence-electron chi connectivity index (χ2n) is 7.43. The number of rotatable bonds is 4. The number of halogens is 2. The molecule has 1 unspecified atom stereocenters. The van der Waals surface area contributed by atoms with Crippen molar-refractivity contribution in [3.63, 3.8) is 0 Å². The van der Waals surface area contributed by atoms with Gasteiger partial charge in [-0.15, -0.1) is 0 Å². The Morgan fingerprint density at radius 1 is 1.06 bits per heavy atom. The largest absolute Gasteiger partial charge is 0.477 e. The van der Waals surface area contributed by atoms with E-state index in [-0.39, 0.29) is 16.0 Å². The number of aromatic nitrogens is 1. The minimum Gasteiger partial charge on any atom is -0.477 e. The third kappa shape index (κ3) is 3.03. The predicted octanol–water partition coefficient (Wildman–Crippen LogP) is 4.76. The lowest BCUT2D eigenvalue weighted by molar-refractivity contribution is 0.0689. The molecule has 2 heterocycles. The van der Waals surface area contributed by atoms with Gasteiger partial charge in [0, 0.05) is 23.1 Å². The summed E-state index contributed by atoms with van der Waals surface area (Å²) >= 11 is 1.10. The molecule has 0 saturated heterocycles. The van der Waals surface area contributed by atoms with Crippen LogP contribution in [0.2, 0.25) is 0 Å². The molecule has 0 aliphatic carbocycles. The number of aromatic carboxylic acids is 1. The van der Waals surface area contributed by atoms with E-state index in [0.29, 0.717) is 23.2 Å². The van der Waals surface area contributed by atoms with Gasteiger partial charge in [-0.2, -0.15) is 0 Å². The molecule has 4 aromatic rings. The first kappa shape index (κ1) is 20.4. The molecule has 32 heavy (non-hydrogen) atoms. The van der Waals surface area contributed by atoms with Gasteiger partial charge in [-0.3, -0.25) is 4.79 Å². The van der Waals surface area contributed by atoms with Crippen LogP contribution in [0, 0.1) is 11.6 Å². The second-order valence-corrected chi connectivity index (χ2v) is 8.50. The third-order valence-corrected chi connectivity index (χ3v) is 6.90. The van der Waals surface area contributed by atoms with Gasteiger partial charge in [0.1, 0.15) is 22.6 Å². The highest BCUT2D eigenvalue weighted by molar-refractivity contribution is 8.00. The first-order valence-corrected chi connectivity index (χ1v) is 10.6. The molecule has 0 bridgehead atoms. The molecule has 5 rings (SSSR count). The molecule has 5 nitrogen and oxygen atoms in total. The van der Waals surface area contributed by atoms with Crippen molar-refractivity contribution in [1.82, 2.24) is 4.57 Å². The number of hydrogen-bond donors (Lipinski definition) is 2. The maximum absolute atomic E-state index is 15.0. The van der Waals surface area contributed by atoms with Crippen LogP contribution in [0.15, 0.2) is 70.5 Å². The first-order valence-electron chi connectivity index (χ1n) is 9.76. The minimum absolute atomic E-state index is 0.0624. The highest BCUT2D eigenvalue weighted by Gasteiger charge is 2.37. The van der Waals surface area contributed by atoms with Crippen LogP contribution in [-0.2, 0) is 6.54 Å². The fourth-order valence-electron chi connectivity index (χ4n) is 3.97. The van der Waals surface area contributed by atoms with E-state index >= 15 is 4.39 Å². The standard InChI is InChI=1S/C24H16F2N2O3S/c25-17-4-2-1-3-14(17)22-28-19-10-15(13-7-5-12(11-27)6-8-13)18(26)9-16(19)21(29)20(24(30)31)23(28)32-22/h1-10,22H,11,27H2,(H,30,31). The molecule has 0 spiro atoms. The summed E-state index contributed by atoms with van der Waals surface area (Å²) < 4.78 is 31.1. The molecule has 160 valence electrons. The number of fused-ring (bicyclic) bond motifs is 3. The summed E-state index contributed by atoms with van der Waals surface area (Å²) in [5.41, 5.74) is 6.86. The van der Waals surface area contributed by atoms with Crippen LogP contribution < -0.4 is 11.2 Å². The van der Waals surface area contributed by atoms with Gasteiger partial charge in [0.25, 0.3) is 0 Å². The Kier molecular flexibility index (Phi) is 4.83. The number of thioether (sulfide) groups is 1. The van der Waals surface area contributed by atoms with E-state index in [2.05, 4.69) is 0 Å². The SMILES string of the molecule is NCc1ccc(-c2cc3c(cc2F)c(=O)c(C(=O)O)c2n3C(c3ccccc3F)S2)cc1. The van der Waals surface area contributed by atoms with E-state index in [1.807, 2.05) is 0 Å². The van der Waals surface area contributed by atoms with E-state index < -0.39 is 34.0 Å². The van der Waals surface area contributed by atoms with Gasteiger partial charge in [-0.05, 0) is 29.3 Å². The van der Waals surface area contributed by atoms with E-state index in [0.717, 1.165) is 23.4 Å². The molecule has 0 radical (unpaired) electrons. The third-order valence-electron chi connectivity index (χ3n) is 5.59. The van der Waals surface area contributed by atoms with Gasteiger partial charge in [-0.25, -0.2) is 13.6 Å². The van der Waals surface area contributed by atoms with Crippen molar-refractivity contribution in [3.05, 3.63) is 99.2 Å². The smallest absolute Gasteiger partial charge is 0.342 e. The summed E-state index contributed by atoms with van der Waals surface area (Å²) in [5, 5.41) is 9.20. The Morgan fingerprint density at radius 2 is 1.78 bits per heavy atom. The molecule has 3 aromatic carbocycles. The maximum Gasteiger partial charge on any atom is 0.342 e. The van der Waals surface area contributed by atoms with Crippen LogP contribution in [0.4, 0.5) is 8.78 Å². The van der Waals surface area contributed by atoms with E-state index in [4.69, 9.17) is 5.73 Å². The lowest BCUT2D eigenvalue weighted by Gasteiger charge is -2.35. The van der Waals surface area contributed by atoms with Crippen LogP contribution in [0.1, 0.15) is 26.9 Å². The van der Waals surface area contributed by atoms with E-state index in [9.17, 15) is 19.1 Å². The van der Waals surface area contributed by atoms with Crippen LogP contribution in [0.3, 0.4) is 0 Å². The van der Waals surface area contributed by atoms with Crippen molar-refractivity contribution in [1.29, 1.82) is 0 Å². The van der Waals surface area contributed by atoms with Crippen molar-refractivity contribution < 1.29 is 18.7 Å².